The molecule has 0 spiro atoms. The van der Waals surface area contributed by atoms with Gasteiger partial charge in [0, 0.05) is 13.1 Å². The van der Waals surface area contributed by atoms with Crippen LogP contribution in [0.2, 0.25) is 0 Å². The van der Waals surface area contributed by atoms with Gasteiger partial charge in [-0.15, -0.1) is 0 Å². The maximum absolute atomic E-state index is 9.77. The van der Waals surface area contributed by atoms with Crippen LogP contribution in [0, 0.1) is 0 Å². The number of aliphatic hydroxyl groups is 1. The van der Waals surface area contributed by atoms with E-state index in [1.807, 2.05) is 12.1 Å². The Bertz CT molecular complexity index is 439. The first-order valence-electron chi connectivity index (χ1n) is 7.05. The highest BCUT2D eigenvalue weighted by Gasteiger charge is 2.20. The summed E-state index contributed by atoms with van der Waals surface area (Å²) < 4.78 is 11.4. The van der Waals surface area contributed by atoms with Crippen molar-refractivity contribution in [3.05, 3.63) is 23.8 Å². The number of likely N-dealkylation sites (tertiary alicyclic amines) is 1. The molecule has 0 amide bonds. The number of likely N-dealkylation sites (N-methyl/N-ethyl adjacent to an activating group) is 1. The summed E-state index contributed by atoms with van der Waals surface area (Å²) in [6, 6.07) is 5.48. The number of aliphatic hydroxyl groups excluding tert-OH is 1. The number of nitrogens with zero attached hydrogens (tertiary/aromatic N) is 1. The van der Waals surface area contributed by atoms with Gasteiger partial charge in [0.25, 0.3) is 0 Å². The fourth-order valence-electron chi connectivity index (χ4n) is 2.52. The van der Waals surface area contributed by atoms with E-state index in [0.29, 0.717) is 5.75 Å². The standard InChI is InChI=1S/C15H24N2O3/c1-17-7-3-4-12(10-17)20-14-6-5-11(13(18)9-16)8-15(14)19-2/h5-6,8,12-13,18H,3-4,7,9-10,16H2,1-2H3. The Hall–Kier alpha value is -1.30. The van der Waals surface area contributed by atoms with Crippen molar-refractivity contribution in [3.63, 3.8) is 0 Å². The molecule has 2 unspecified atom stereocenters. The van der Waals surface area contributed by atoms with Crippen molar-refractivity contribution in [1.82, 2.24) is 4.90 Å². The molecule has 1 saturated heterocycles. The van der Waals surface area contributed by atoms with Crippen molar-refractivity contribution >= 4 is 0 Å². The highest BCUT2D eigenvalue weighted by Crippen LogP contribution is 2.32. The number of nitrogens with two attached hydrogens (primary N) is 1. The van der Waals surface area contributed by atoms with Crippen molar-refractivity contribution in [2.45, 2.75) is 25.0 Å². The molecule has 1 aromatic carbocycles. The summed E-state index contributed by atoms with van der Waals surface area (Å²) in [6.45, 7) is 2.24. The molecule has 1 aliphatic heterocycles. The van der Waals surface area contributed by atoms with Crippen molar-refractivity contribution in [2.24, 2.45) is 5.73 Å². The SMILES string of the molecule is COc1cc(C(O)CN)ccc1OC1CCCN(C)C1. The molecule has 1 aromatic rings. The van der Waals surface area contributed by atoms with Gasteiger partial charge >= 0.3 is 0 Å². The fraction of sp³-hybridized carbons (Fsp3) is 0.600. The number of piperidine rings is 1. The van der Waals surface area contributed by atoms with Crippen LogP contribution < -0.4 is 15.2 Å². The molecule has 20 heavy (non-hydrogen) atoms. The molecule has 0 radical (unpaired) electrons. The van der Waals surface area contributed by atoms with Crippen LogP contribution in [0.4, 0.5) is 0 Å². The minimum atomic E-state index is -0.668. The lowest BCUT2D eigenvalue weighted by atomic mass is 10.1. The maximum atomic E-state index is 9.77. The molecule has 5 heteroatoms. The normalized spacial score (nSPS) is 21.5. The minimum absolute atomic E-state index is 0.188. The minimum Gasteiger partial charge on any atom is -0.493 e. The van der Waals surface area contributed by atoms with Gasteiger partial charge in [0.1, 0.15) is 6.10 Å². The van der Waals surface area contributed by atoms with Gasteiger partial charge in [-0.3, -0.25) is 0 Å². The molecule has 3 N–H and O–H groups in total. The van der Waals surface area contributed by atoms with Crippen LogP contribution in [-0.4, -0.2) is 49.9 Å². The van der Waals surface area contributed by atoms with E-state index in [4.69, 9.17) is 15.2 Å². The topological polar surface area (TPSA) is 68.0 Å². The summed E-state index contributed by atoms with van der Waals surface area (Å²) in [5.74, 6) is 1.36. The van der Waals surface area contributed by atoms with E-state index in [0.717, 1.165) is 37.2 Å². The third-order valence-corrected chi connectivity index (χ3v) is 3.67. The maximum Gasteiger partial charge on any atom is 0.161 e. The Labute approximate surface area is 120 Å². The van der Waals surface area contributed by atoms with E-state index >= 15 is 0 Å². The molecule has 2 rings (SSSR count). The Morgan fingerprint density at radius 1 is 1.45 bits per heavy atom. The third-order valence-electron chi connectivity index (χ3n) is 3.67. The van der Waals surface area contributed by atoms with Crippen molar-refractivity contribution in [1.29, 1.82) is 0 Å². The van der Waals surface area contributed by atoms with Crippen molar-refractivity contribution in [3.8, 4) is 11.5 Å². The van der Waals surface area contributed by atoms with Crippen LogP contribution in [0.5, 0.6) is 11.5 Å². The zero-order valence-electron chi connectivity index (χ0n) is 12.2. The molecule has 0 aromatic heterocycles. The van der Waals surface area contributed by atoms with E-state index in [9.17, 15) is 5.11 Å². The zero-order valence-corrected chi connectivity index (χ0v) is 12.2. The van der Waals surface area contributed by atoms with E-state index in [-0.39, 0.29) is 12.6 Å². The lowest BCUT2D eigenvalue weighted by molar-refractivity contribution is 0.101. The summed E-state index contributed by atoms with van der Waals surface area (Å²) in [5.41, 5.74) is 6.22. The first-order valence-corrected chi connectivity index (χ1v) is 7.05. The van der Waals surface area contributed by atoms with E-state index in [1.165, 1.54) is 0 Å². The fourth-order valence-corrected chi connectivity index (χ4v) is 2.52. The Balaban J connectivity index is 2.10. The van der Waals surface area contributed by atoms with Gasteiger partial charge in [0.2, 0.25) is 0 Å². The van der Waals surface area contributed by atoms with Gasteiger partial charge in [-0.2, -0.15) is 0 Å². The summed E-state index contributed by atoms with van der Waals surface area (Å²) in [5, 5.41) is 9.77. The average molecular weight is 280 g/mol. The summed E-state index contributed by atoms with van der Waals surface area (Å²) in [4.78, 5) is 2.27. The number of methoxy groups -OCH3 is 1. The number of hydrogen-bond donors (Lipinski definition) is 2. The molecule has 0 aliphatic carbocycles. The van der Waals surface area contributed by atoms with Gasteiger partial charge in [-0.05, 0) is 44.1 Å². The van der Waals surface area contributed by atoms with Crippen LogP contribution in [0.15, 0.2) is 18.2 Å². The predicted molar refractivity (Wildman–Crippen MR) is 78.2 cm³/mol. The molecule has 5 nitrogen and oxygen atoms in total. The second-order valence-electron chi connectivity index (χ2n) is 5.31. The Morgan fingerprint density at radius 2 is 2.25 bits per heavy atom. The number of hydrogen-bond acceptors (Lipinski definition) is 5. The Kier molecular flexibility index (Phi) is 5.23. The number of benzene rings is 1. The van der Waals surface area contributed by atoms with Gasteiger partial charge in [0.15, 0.2) is 11.5 Å². The summed E-state index contributed by atoms with van der Waals surface area (Å²) in [7, 11) is 3.71. The van der Waals surface area contributed by atoms with Gasteiger partial charge < -0.3 is 25.2 Å². The molecule has 112 valence electrons. The second-order valence-corrected chi connectivity index (χ2v) is 5.31. The van der Waals surface area contributed by atoms with Crippen LogP contribution in [0.3, 0.4) is 0 Å². The highest BCUT2D eigenvalue weighted by molar-refractivity contribution is 5.43. The third kappa shape index (κ3) is 3.62. The Morgan fingerprint density at radius 3 is 2.90 bits per heavy atom. The van der Waals surface area contributed by atoms with E-state index < -0.39 is 6.10 Å². The molecule has 1 heterocycles. The molecule has 2 atom stereocenters. The first-order chi connectivity index (χ1) is 9.63. The van der Waals surface area contributed by atoms with Crippen molar-refractivity contribution < 1.29 is 14.6 Å². The predicted octanol–water partition coefficient (Wildman–Crippen LogP) is 1.16. The van der Waals surface area contributed by atoms with Crippen LogP contribution in [-0.2, 0) is 0 Å². The molecule has 1 fully saturated rings. The average Bonchev–Trinajstić information content (AvgIpc) is 2.47. The van der Waals surface area contributed by atoms with Gasteiger partial charge in [0.05, 0.1) is 13.2 Å². The van der Waals surface area contributed by atoms with Gasteiger partial charge in [-0.25, -0.2) is 0 Å². The lowest BCUT2D eigenvalue weighted by Crippen LogP contribution is -2.38. The number of rotatable bonds is 5. The molecule has 1 aliphatic rings. The van der Waals surface area contributed by atoms with Crippen LogP contribution in [0.25, 0.3) is 0 Å². The number of ether oxygens (including phenoxy) is 2. The van der Waals surface area contributed by atoms with E-state index in [2.05, 4.69) is 11.9 Å². The van der Waals surface area contributed by atoms with Crippen LogP contribution in [0.1, 0.15) is 24.5 Å². The molecular formula is C15H24N2O3. The van der Waals surface area contributed by atoms with Crippen LogP contribution >= 0.6 is 0 Å². The molecular weight excluding hydrogens is 256 g/mol. The smallest absolute Gasteiger partial charge is 0.161 e. The second kappa shape index (κ2) is 6.92. The highest BCUT2D eigenvalue weighted by atomic mass is 16.5. The quantitative estimate of drug-likeness (QED) is 0.847. The van der Waals surface area contributed by atoms with E-state index in [1.54, 1.807) is 13.2 Å². The monoisotopic (exact) mass is 280 g/mol. The molecule has 0 bridgehead atoms. The molecule has 0 saturated carbocycles. The lowest BCUT2D eigenvalue weighted by Gasteiger charge is -2.30. The van der Waals surface area contributed by atoms with Gasteiger partial charge in [-0.1, -0.05) is 6.07 Å². The summed E-state index contributed by atoms with van der Waals surface area (Å²) >= 11 is 0. The zero-order chi connectivity index (χ0) is 14.5. The first kappa shape index (κ1) is 15.1. The summed E-state index contributed by atoms with van der Waals surface area (Å²) in [6.07, 6.45) is 1.72. The largest absolute Gasteiger partial charge is 0.493 e. The van der Waals surface area contributed by atoms with Crippen molar-refractivity contribution in [2.75, 3.05) is 33.8 Å².